The summed E-state index contributed by atoms with van der Waals surface area (Å²) >= 11 is 0. The zero-order valence-corrected chi connectivity index (χ0v) is 6.70. The molecule has 0 saturated heterocycles. The summed E-state index contributed by atoms with van der Waals surface area (Å²) in [6.07, 6.45) is 0. The normalized spacial score (nSPS) is 0. The Kier molecular flexibility index (Phi) is 4160. The summed E-state index contributed by atoms with van der Waals surface area (Å²) in [5.41, 5.74) is 0. The van der Waals surface area contributed by atoms with Crippen LogP contribution in [0, 0.1) is 0 Å². The number of rotatable bonds is 0. The zero-order valence-electron chi connectivity index (χ0n) is 2.62. The van der Waals surface area contributed by atoms with Gasteiger partial charge in [-0.2, -0.15) is 0 Å². The Hall–Kier alpha value is 1.51. The average molecular weight is 209 g/mol. The van der Waals surface area contributed by atoms with Gasteiger partial charge in [0.2, 0.25) is 0 Å². The van der Waals surface area contributed by atoms with Crippen LogP contribution in [0.1, 0.15) is 7.43 Å². The van der Waals surface area contributed by atoms with E-state index in [1.165, 1.54) is 0 Å². The molecule has 0 spiro atoms. The molecule has 0 unspecified atom stereocenters. The Morgan fingerprint density at radius 1 is 0.429 bits per heavy atom. The van der Waals surface area contributed by atoms with E-state index in [2.05, 4.69) is 0 Å². The van der Waals surface area contributed by atoms with E-state index in [1.54, 1.807) is 0 Å². The highest BCUT2D eigenvalue weighted by Crippen LogP contribution is 0.694. The van der Waals surface area contributed by atoms with E-state index >= 15 is 0 Å². The Morgan fingerprint density at radius 3 is 0.429 bits per heavy atom. The van der Waals surface area contributed by atoms with E-state index < -0.39 is 0 Å². The maximum Gasteiger partial charge on any atom is 0 e. The van der Waals surface area contributed by atoms with Crippen LogP contribution in [0.25, 0.3) is 0 Å². The first-order chi connectivity index (χ1) is 0. The van der Waals surface area contributed by atoms with Crippen LogP contribution < -0.4 is 0 Å². The van der Waals surface area contributed by atoms with E-state index in [1.807, 2.05) is 0 Å². The molecule has 0 aromatic heterocycles. The van der Waals surface area contributed by atoms with Gasteiger partial charge in [-0.25, -0.2) is 0 Å². The van der Waals surface area contributed by atoms with Crippen molar-refractivity contribution >= 4 is 70.4 Å². The van der Waals surface area contributed by atoms with Gasteiger partial charge < -0.3 is 0 Å². The lowest BCUT2D eigenvalue weighted by atomic mass is 10.8. The lowest BCUT2D eigenvalue weighted by Gasteiger charge is -0.148. The summed E-state index contributed by atoms with van der Waals surface area (Å²) in [5.74, 6) is 0. The van der Waals surface area contributed by atoms with Crippen LogP contribution in [0.3, 0.4) is 0 Å². The molecule has 3 radical (unpaired) electrons. The van der Waals surface area contributed by atoms with E-state index in [4.69, 9.17) is 0 Å². The molecule has 0 heterocycles. The van der Waals surface area contributed by atoms with Crippen molar-refractivity contribution in [2.45, 2.75) is 7.43 Å². The van der Waals surface area contributed by atoms with Crippen LogP contribution in [0.5, 0.6) is 0 Å². The van der Waals surface area contributed by atoms with Crippen LogP contribution in [0.4, 0.5) is 0 Å². The second-order valence-electron chi connectivity index (χ2n) is 0. The quantitative estimate of drug-likeness (QED) is 0.537. The molecule has 0 atom stereocenters. The zero-order chi connectivity index (χ0) is 0. The molecule has 0 aromatic carbocycles. The van der Waals surface area contributed by atoms with Crippen LogP contribution in [0.2, 0.25) is 0 Å². The highest BCUT2D eigenvalue weighted by Gasteiger charge is 0.0000489. The topological polar surface area (TPSA) is 0 Å². The van der Waals surface area contributed by atoms with Gasteiger partial charge in [-0.05, 0) is 0 Å². The fourth-order valence-electron chi connectivity index (χ4n) is 0. The monoisotopic (exact) mass is 207 g/mol. The van der Waals surface area contributed by atoms with Gasteiger partial charge in [-0.3, -0.25) is 0 Å². The Labute approximate surface area is 77.8 Å². The first-order valence-electron chi connectivity index (χ1n) is 0. The molecule has 6 heteroatoms. The average Bonchev–Trinajstić information content (AvgIpc) is 0. The second-order valence-corrected chi connectivity index (χ2v) is 0. The maximum absolute atomic E-state index is 0. The minimum atomic E-state index is 0. The standard InChI is InChI=1S/CH4.B.5ClH/h1H4;;5*1H. The molecule has 0 aliphatic rings. The molecule has 0 aromatic rings. The molecular formula is CH9BCl5. The van der Waals surface area contributed by atoms with E-state index in [9.17, 15) is 0 Å². The summed E-state index contributed by atoms with van der Waals surface area (Å²) in [7, 11) is 0. The molecule has 0 fully saturated rings. The van der Waals surface area contributed by atoms with Crippen LogP contribution in [0.15, 0.2) is 0 Å². The molecule has 0 bridgehead atoms. The fourth-order valence-corrected chi connectivity index (χ4v) is 0. The van der Waals surface area contributed by atoms with Gasteiger partial charge in [0.25, 0.3) is 0 Å². The second kappa shape index (κ2) is 139. The van der Waals surface area contributed by atoms with Gasteiger partial charge in [0.05, 0.1) is 0 Å². The molecule has 0 saturated carbocycles. The maximum atomic E-state index is 0. The summed E-state index contributed by atoms with van der Waals surface area (Å²) in [6, 6.07) is 0. The molecule has 51 valence electrons. The third kappa shape index (κ3) is 99.6. The predicted octanol–water partition coefficient (Wildman–Crippen LogP) is 2.36. The van der Waals surface area contributed by atoms with Gasteiger partial charge >= 0.3 is 0 Å². The molecule has 0 N–H and O–H groups in total. The number of halogens is 5. The van der Waals surface area contributed by atoms with Crippen molar-refractivity contribution in [3.8, 4) is 0 Å². The molecule has 0 rings (SSSR count). The Morgan fingerprint density at radius 2 is 0.429 bits per heavy atom. The molecule has 0 aliphatic heterocycles. The lowest BCUT2D eigenvalue weighted by molar-refractivity contribution is 2.50. The molecule has 0 amide bonds. The Balaban J connectivity index is 0. The van der Waals surface area contributed by atoms with Crippen molar-refractivity contribution in [2.24, 2.45) is 0 Å². The molecule has 0 aliphatic carbocycles. The molecular weight excluding hydrogens is 200 g/mol. The van der Waals surface area contributed by atoms with Crippen LogP contribution in [-0.4, -0.2) is 8.41 Å². The predicted molar refractivity (Wildman–Crippen MR) is 48.7 cm³/mol. The highest BCUT2D eigenvalue weighted by atomic mass is 35.5. The van der Waals surface area contributed by atoms with Gasteiger partial charge in [0, 0.05) is 8.41 Å². The first kappa shape index (κ1) is 210. The summed E-state index contributed by atoms with van der Waals surface area (Å²) in [4.78, 5) is 0. The number of hydrogen-bond acceptors (Lipinski definition) is 0. The van der Waals surface area contributed by atoms with Crippen molar-refractivity contribution in [1.82, 2.24) is 0 Å². The van der Waals surface area contributed by atoms with E-state index in [-0.39, 0.29) is 77.9 Å². The number of hydrogen-bond donors (Lipinski definition) is 0. The minimum absolute atomic E-state index is 0. The lowest BCUT2D eigenvalue weighted by Crippen LogP contribution is -0.381. The third-order valence-corrected chi connectivity index (χ3v) is 0. The van der Waals surface area contributed by atoms with Crippen molar-refractivity contribution in [2.75, 3.05) is 0 Å². The van der Waals surface area contributed by atoms with Gasteiger partial charge in [0.1, 0.15) is 0 Å². The van der Waals surface area contributed by atoms with Crippen molar-refractivity contribution in [3.05, 3.63) is 0 Å². The van der Waals surface area contributed by atoms with Gasteiger partial charge in [-0.15, -0.1) is 62.0 Å². The van der Waals surface area contributed by atoms with Crippen LogP contribution >= 0.6 is 62.0 Å². The summed E-state index contributed by atoms with van der Waals surface area (Å²) in [6.45, 7) is 0. The minimum Gasteiger partial charge on any atom is -0.147 e. The first-order valence-corrected chi connectivity index (χ1v) is 0. The summed E-state index contributed by atoms with van der Waals surface area (Å²) < 4.78 is 0. The van der Waals surface area contributed by atoms with Crippen molar-refractivity contribution in [1.29, 1.82) is 0 Å². The van der Waals surface area contributed by atoms with Gasteiger partial charge in [-0.1, -0.05) is 7.43 Å². The molecule has 7 heavy (non-hydrogen) atoms. The molecule has 0 nitrogen and oxygen atoms in total. The van der Waals surface area contributed by atoms with Crippen molar-refractivity contribution in [3.63, 3.8) is 0 Å². The fraction of sp³-hybridized carbons (Fsp3) is 1.00. The van der Waals surface area contributed by atoms with E-state index in [0.29, 0.717) is 0 Å². The van der Waals surface area contributed by atoms with Gasteiger partial charge in [0.15, 0.2) is 0 Å². The Bertz CT molecular complexity index is 8.04. The largest absolute Gasteiger partial charge is 0.147 e. The summed E-state index contributed by atoms with van der Waals surface area (Å²) in [5, 5.41) is 0. The smallest absolute Gasteiger partial charge is 0 e. The highest BCUT2D eigenvalue weighted by molar-refractivity contribution is 5.86. The third-order valence-electron chi connectivity index (χ3n) is 0. The SMILES string of the molecule is C.Cl.Cl.Cl.Cl.Cl.[B]. The van der Waals surface area contributed by atoms with Crippen molar-refractivity contribution < 1.29 is 0 Å². The van der Waals surface area contributed by atoms with E-state index in [0.717, 1.165) is 0 Å². The van der Waals surface area contributed by atoms with Crippen LogP contribution in [-0.2, 0) is 0 Å².